The third-order valence-electron chi connectivity index (χ3n) is 4.94. The van der Waals surface area contributed by atoms with Gasteiger partial charge < -0.3 is 9.88 Å². The van der Waals surface area contributed by atoms with Gasteiger partial charge >= 0.3 is 5.69 Å². The molecule has 2 aromatic heterocycles. The van der Waals surface area contributed by atoms with Crippen LogP contribution in [0.1, 0.15) is 35.0 Å². The maximum atomic E-state index is 12.9. The molecule has 1 N–H and O–H groups in total. The number of carbonyl (C=O) groups is 1. The molecule has 3 heterocycles. The maximum absolute atomic E-state index is 12.9. The van der Waals surface area contributed by atoms with E-state index in [1.165, 1.54) is 0 Å². The Balaban J connectivity index is 1.73. The van der Waals surface area contributed by atoms with E-state index in [4.69, 9.17) is 0 Å². The van der Waals surface area contributed by atoms with E-state index in [1.54, 1.807) is 4.90 Å². The van der Waals surface area contributed by atoms with Gasteiger partial charge in [0.05, 0.1) is 12.1 Å². The van der Waals surface area contributed by atoms with Crippen molar-refractivity contribution in [2.75, 3.05) is 13.1 Å². The molecule has 0 spiro atoms. The fraction of sp³-hybridized carbons (Fsp3) is 0.368. The summed E-state index contributed by atoms with van der Waals surface area (Å²) in [6.45, 7) is 3.66. The molecule has 3 aromatic rings. The molecule has 1 aromatic carbocycles. The van der Waals surface area contributed by atoms with E-state index in [2.05, 4.69) is 16.3 Å². The van der Waals surface area contributed by atoms with Gasteiger partial charge in [0.2, 0.25) is 0 Å². The average Bonchev–Trinajstić information content (AvgIpc) is 3.09. The number of hydrogen-bond acceptors (Lipinski definition) is 5. The van der Waals surface area contributed by atoms with Crippen molar-refractivity contribution in [1.82, 2.24) is 18.8 Å². The lowest BCUT2D eigenvalue weighted by Crippen LogP contribution is -2.39. The van der Waals surface area contributed by atoms with Crippen LogP contribution in [0.5, 0.6) is 0 Å². The topological polar surface area (TPSA) is 88.1 Å². The number of piperidine rings is 1. The predicted molar refractivity (Wildman–Crippen MR) is 104 cm³/mol. The molecular weight excluding hydrogens is 364 g/mol. The largest absolute Gasteiger partial charge is 0.338 e. The molecule has 140 valence electrons. The van der Waals surface area contributed by atoms with Crippen molar-refractivity contribution in [3.63, 3.8) is 0 Å². The second kappa shape index (κ2) is 7.11. The summed E-state index contributed by atoms with van der Waals surface area (Å²) < 4.78 is 5.31. The third kappa shape index (κ3) is 3.32. The zero-order valence-electron chi connectivity index (χ0n) is 15.0. The number of aromatic amines is 1. The van der Waals surface area contributed by atoms with Gasteiger partial charge in [-0.15, -0.1) is 0 Å². The van der Waals surface area contributed by atoms with Crippen LogP contribution in [0.2, 0.25) is 0 Å². The molecule has 1 aliphatic rings. The first-order chi connectivity index (χ1) is 13.0. The van der Waals surface area contributed by atoms with Crippen LogP contribution in [0, 0.1) is 5.92 Å². The van der Waals surface area contributed by atoms with Gasteiger partial charge in [0.15, 0.2) is 5.52 Å². The van der Waals surface area contributed by atoms with Gasteiger partial charge in [0.1, 0.15) is 4.88 Å². The highest BCUT2D eigenvalue weighted by atomic mass is 32.1. The Hall–Kier alpha value is -2.74. The number of likely N-dealkylation sites (tertiary alicyclic amines) is 1. The minimum absolute atomic E-state index is 0.143. The second-order valence-corrected chi connectivity index (χ2v) is 7.81. The maximum Gasteiger partial charge on any atom is 0.329 e. The van der Waals surface area contributed by atoms with Gasteiger partial charge in [0.25, 0.3) is 11.5 Å². The number of rotatable bonds is 3. The first-order valence-electron chi connectivity index (χ1n) is 9.00. The second-order valence-electron chi connectivity index (χ2n) is 7.04. The molecule has 0 unspecified atom stereocenters. The Morgan fingerprint density at radius 1 is 1.30 bits per heavy atom. The Bertz CT molecular complexity index is 1100. The molecule has 7 nitrogen and oxygen atoms in total. The summed E-state index contributed by atoms with van der Waals surface area (Å²) in [5.41, 5.74) is 0.238. The van der Waals surface area contributed by atoms with Gasteiger partial charge in [-0.3, -0.25) is 14.2 Å². The number of H-pyrrole nitrogens is 1. The van der Waals surface area contributed by atoms with Crippen LogP contribution < -0.4 is 11.2 Å². The number of aromatic nitrogens is 3. The monoisotopic (exact) mass is 384 g/mol. The molecule has 0 aliphatic carbocycles. The highest BCUT2D eigenvalue weighted by Crippen LogP contribution is 2.23. The van der Waals surface area contributed by atoms with Gasteiger partial charge in [-0.05, 0) is 35.9 Å². The van der Waals surface area contributed by atoms with Crippen molar-refractivity contribution in [3.05, 3.63) is 61.6 Å². The van der Waals surface area contributed by atoms with Crippen LogP contribution in [0.4, 0.5) is 0 Å². The fourth-order valence-electron chi connectivity index (χ4n) is 3.52. The fourth-order valence-corrected chi connectivity index (χ4v) is 4.32. The van der Waals surface area contributed by atoms with Gasteiger partial charge in [-0.1, -0.05) is 37.3 Å². The Morgan fingerprint density at radius 3 is 2.81 bits per heavy atom. The van der Waals surface area contributed by atoms with Crippen molar-refractivity contribution < 1.29 is 4.79 Å². The van der Waals surface area contributed by atoms with Gasteiger partial charge in [-0.2, -0.15) is 4.37 Å². The lowest BCUT2D eigenvalue weighted by molar-refractivity contribution is 0.0689. The summed E-state index contributed by atoms with van der Waals surface area (Å²) in [7, 11) is 0. The molecule has 1 aliphatic heterocycles. The van der Waals surface area contributed by atoms with Gasteiger partial charge in [-0.25, -0.2) is 4.79 Å². The normalized spacial score (nSPS) is 17.4. The van der Waals surface area contributed by atoms with E-state index in [0.29, 0.717) is 23.9 Å². The minimum Gasteiger partial charge on any atom is -0.338 e. The van der Waals surface area contributed by atoms with E-state index < -0.39 is 11.2 Å². The lowest BCUT2D eigenvalue weighted by atomic mass is 10.0. The Morgan fingerprint density at radius 2 is 2.07 bits per heavy atom. The van der Waals surface area contributed by atoms with Crippen LogP contribution in [-0.4, -0.2) is 37.8 Å². The predicted octanol–water partition coefficient (Wildman–Crippen LogP) is 2.07. The molecule has 1 fully saturated rings. The highest BCUT2D eigenvalue weighted by Gasteiger charge is 2.26. The van der Waals surface area contributed by atoms with Crippen molar-refractivity contribution in [2.24, 2.45) is 5.92 Å². The SMILES string of the molecule is C[C@H]1CCCN(C(=O)c2snc3c(=O)n(Cc4ccccc4)c(=O)[nH]c23)C1. The zero-order valence-corrected chi connectivity index (χ0v) is 15.8. The molecule has 1 saturated heterocycles. The molecule has 8 heteroatoms. The lowest BCUT2D eigenvalue weighted by Gasteiger charge is -2.30. The minimum atomic E-state index is -0.530. The van der Waals surface area contributed by atoms with E-state index in [9.17, 15) is 14.4 Å². The van der Waals surface area contributed by atoms with Crippen molar-refractivity contribution in [2.45, 2.75) is 26.3 Å². The Kier molecular flexibility index (Phi) is 4.65. The number of amides is 1. The van der Waals surface area contributed by atoms with Crippen LogP contribution in [0.15, 0.2) is 39.9 Å². The van der Waals surface area contributed by atoms with Crippen LogP contribution in [0.25, 0.3) is 11.0 Å². The van der Waals surface area contributed by atoms with Crippen molar-refractivity contribution >= 4 is 28.5 Å². The highest BCUT2D eigenvalue weighted by molar-refractivity contribution is 7.09. The summed E-state index contributed by atoms with van der Waals surface area (Å²) in [5, 5.41) is 0. The first kappa shape index (κ1) is 17.7. The number of benzene rings is 1. The summed E-state index contributed by atoms with van der Waals surface area (Å²) in [4.78, 5) is 43.0. The van der Waals surface area contributed by atoms with Crippen LogP contribution >= 0.6 is 11.5 Å². The van der Waals surface area contributed by atoms with Crippen molar-refractivity contribution in [3.8, 4) is 0 Å². The molecule has 27 heavy (non-hydrogen) atoms. The molecule has 1 atom stereocenters. The summed E-state index contributed by atoms with van der Waals surface area (Å²) in [6, 6.07) is 9.28. The molecule has 0 bridgehead atoms. The number of fused-ring (bicyclic) bond motifs is 1. The number of carbonyl (C=O) groups excluding carboxylic acids is 1. The quantitative estimate of drug-likeness (QED) is 0.749. The average molecular weight is 384 g/mol. The smallest absolute Gasteiger partial charge is 0.329 e. The van der Waals surface area contributed by atoms with Gasteiger partial charge in [0, 0.05) is 13.1 Å². The summed E-state index contributed by atoms with van der Waals surface area (Å²) in [6.07, 6.45) is 2.07. The van der Waals surface area contributed by atoms with E-state index in [0.717, 1.165) is 34.5 Å². The number of hydrogen-bond donors (Lipinski definition) is 1. The van der Waals surface area contributed by atoms with E-state index in [1.807, 2.05) is 30.3 Å². The summed E-state index contributed by atoms with van der Waals surface area (Å²) in [5.74, 6) is 0.286. The van der Waals surface area contributed by atoms with E-state index >= 15 is 0 Å². The Labute approximate surface area is 159 Å². The van der Waals surface area contributed by atoms with Crippen LogP contribution in [0.3, 0.4) is 0 Å². The number of nitrogens with zero attached hydrogens (tertiary/aromatic N) is 3. The zero-order chi connectivity index (χ0) is 19.0. The standard InChI is InChI=1S/C19H20N4O3S/c1-12-6-5-9-22(10-12)18(25)16-14-15(21-27-16)17(24)23(19(26)20-14)11-13-7-3-2-4-8-13/h2-4,7-8,12H,5-6,9-11H2,1H3,(H,20,26)/t12-/m0/s1. The molecular formula is C19H20N4O3S. The molecule has 0 radical (unpaired) electrons. The van der Waals surface area contributed by atoms with Crippen molar-refractivity contribution in [1.29, 1.82) is 0 Å². The molecule has 0 saturated carbocycles. The molecule has 1 amide bonds. The summed E-state index contributed by atoms with van der Waals surface area (Å²) >= 11 is 0.979. The first-order valence-corrected chi connectivity index (χ1v) is 9.77. The van der Waals surface area contributed by atoms with Crippen LogP contribution in [-0.2, 0) is 6.54 Å². The third-order valence-corrected chi connectivity index (χ3v) is 5.77. The molecule has 4 rings (SSSR count). The van der Waals surface area contributed by atoms with E-state index in [-0.39, 0.29) is 23.5 Å². The number of nitrogens with one attached hydrogen (secondary N) is 1.